The lowest BCUT2D eigenvalue weighted by atomic mass is 10.2. The van der Waals surface area contributed by atoms with Gasteiger partial charge < -0.3 is 5.21 Å². The molecule has 68 valence electrons. The molecule has 1 aromatic rings. The van der Waals surface area contributed by atoms with Gasteiger partial charge >= 0.3 is 0 Å². The quantitative estimate of drug-likeness (QED) is 0.300. The monoisotopic (exact) mass is 175 g/mol. The Morgan fingerprint density at radius 1 is 1.46 bits per heavy atom. The third-order valence-corrected chi connectivity index (χ3v) is 1.86. The highest BCUT2D eigenvalue weighted by molar-refractivity contribution is 5.87. The highest BCUT2D eigenvalue weighted by Crippen LogP contribution is 2.00. The molecule has 0 aliphatic heterocycles. The predicted octanol–water partition coefficient (Wildman–Crippen LogP) is 2.34. The number of hydrogen-bond donors (Lipinski definition) is 0. The number of allylic oxidation sites excluding steroid dienone is 1. The first-order chi connectivity index (χ1) is 6.24. The first-order valence-corrected chi connectivity index (χ1v) is 4.18. The Morgan fingerprint density at radius 2 is 2.08 bits per heavy atom. The number of rotatable bonds is 3. The SMILES string of the molecule is C=C/C(C)=[N+](\[O-])Cc1ccccc1. The molecule has 13 heavy (non-hydrogen) atoms. The smallest absolute Gasteiger partial charge is 0.183 e. The molecule has 0 atom stereocenters. The summed E-state index contributed by atoms with van der Waals surface area (Å²) in [4.78, 5) is 0. The second-order valence-corrected chi connectivity index (χ2v) is 2.87. The van der Waals surface area contributed by atoms with E-state index < -0.39 is 0 Å². The fourth-order valence-electron chi connectivity index (χ4n) is 0.976. The van der Waals surface area contributed by atoms with Crippen molar-refractivity contribution in [3.63, 3.8) is 0 Å². The average Bonchev–Trinajstić information content (AvgIpc) is 2.18. The van der Waals surface area contributed by atoms with E-state index in [4.69, 9.17) is 0 Å². The van der Waals surface area contributed by atoms with Crippen LogP contribution in [0, 0.1) is 5.21 Å². The van der Waals surface area contributed by atoms with Crippen LogP contribution in [0.2, 0.25) is 0 Å². The van der Waals surface area contributed by atoms with Gasteiger partial charge in [-0.25, -0.2) is 4.74 Å². The van der Waals surface area contributed by atoms with Crippen LogP contribution in [0.1, 0.15) is 12.5 Å². The number of hydrogen-bond acceptors (Lipinski definition) is 1. The second kappa shape index (κ2) is 4.45. The minimum absolute atomic E-state index is 0.388. The van der Waals surface area contributed by atoms with Crippen LogP contribution in [0.5, 0.6) is 0 Å². The highest BCUT2D eigenvalue weighted by atomic mass is 16.5. The van der Waals surface area contributed by atoms with Gasteiger partial charge in [-0.05, 0) is 6.08 Å². The number of benzene rings is 1. The van der Waals surface area contributed by atoms with E-state index in [0.29, 0.717) is 12.3 Å². The maximum atomic E-state index is 11.4. The van der Waals surface area contributed by atoms with Crippen LogP contribution in [0.3, 0.4) is 0 Å². The largest absolute Gasteiger partial charge is 0.623 e. The predicted molar refractivity (Wildman–Crippen MR) is 54.7 cm³/mol. The third kappa shape index (κ3) is 2.75. The molecule has 0 radical (unpaired) electrons. The van der Waals surface area contributed by atoms with Crippen molar-refractivity contribution < 1.29 is 4.74 Å². The summed E-state index contributed by atoms with van der Waals surface area (Å²) in [6.07, 6.45) is 1.57. The van der Waals surface area contributed by atoms with Crippen LogP contribution >= 0.6 is 0 Å². The standard InChI is InChI=1S/C11H13NO/c1-3-10(2)12(13)9-11-7-5-4-6-8-11/h3-8H,1,9H2,2H3/b12-10-. The molecular formula is C11H13NO. The van der Waals surface area contributed by atoms with Gasteiger partial charge in [0, 0.05) is 12.5 Å². The van der Waals surface area contributed by atoms with Crippen LogP contribution in [0.25, 0.3) is 0 Å². The van der Waals surface area contributed by atoms with Gasteiger partial charge in [-0.15, -0.1) is 0 Å². The van der Waals surface area contributed by atoms with Crippen LogP contribution in [0.15, 0.2) is 43.0 Å². The summed E-state index contributed by atoms with van der Waals surface area (Å²) in [6, 6.07) is 9.64. The summed E-state index contributed by atoms with van der Waals surface area (Å²) >= 11 is 0. The lowest BCUT2D eigenvalue weighted by molar-refractivity contribution is -0.474. The molecule has 0 bridgehead atoms. The minimum Gasteiger partial charge on any atom is -0.623 e. The van der Waals surface area contributed by atoms with Crippen molar-refractivity contribution in [3.8, 4) is 0 Å². The fourth-order valence-corrected chi connectivity index (χ4v) is 0.976. The number of hydroxylamine groups is 1. The van der Waals surface area contributed by atoms with Gasteiger partial charge in [-0.1, -0.05) is 36.9 Å². The molecule has 0 aliphatic rings. The van der Waals surface area contributed by atoms with E-state index in [1.54, 1.807) is 13.0 Å². The topological polar surface area (TPSA) is 26.1 Å². The Labute approximate surface area is 78.4 Å². The first-order valence-electron chi connectivity index (χ1n) is 4.18. The Kier molecular flexibility index (Phi) is 3.26. The van der Waals surface area contributed by atoms with Gasteiger partial charge in [0.15, 0.2) is 12.3 Å². The number of nitrogens with zero attached hydrogens (tertiary/aromatic N) is 1. The van der Waals surface area contributed by atoms with Gasteiger partial charge in [0.2, 0.25) is 0 Å². The minimum atomic E-state index is 0.388. The molecule has 0 saturated carbocycles. The maximum absolute atomic E-state index is 11.4. The van der Waals surface area contributed by atoms with Crippen LogP contribution in [-0.4, -0.2) is 10.5 Å². The second-order valence-electron chi connectivity index (χ2n) is 2.87. The summed E-state index contributed by atoms with van der Waals surface area (Å²) in [5, 5.41) is 11.4. The lowest BCUT2D eigenvalue weighted by Gasteiger charge is -2.05. The van der Waals surface area contributed by atoms with E-state index in [0.717, 1.165) is 10.3 Å². The van der Waals surface area contributed by atoms with E-state index in [-0.39, 0.29) is 0 Å². The summed E-state index contributed by atoms with van der Waals surface area (Å²) in [5.41, 5.74) is 1.66. The Balaban J connectivity index is 2.76. The van der Waals surface area contributed by atoms with Crippen molar-refractivity contribution in [1.82, 2.24) is 0 Å². The van der Waals surface area contributed by atoms with Gasteiger partial charge in [-0.3, -0.25) is 0 Å². The molecule has 0 heterocycles. The van der Waals surface area contributed by atoms with E-state index in [1.807, 2.05) is 30.3 Å². The molecular weight excluding hydrogens is 162 g/mol. The summed E-state index contributed by atoms with van der Waals surface area (Å²) < 4.78 is 0.933. The Bertz CT molecular complexity index is 314. The van der Waals surface area contributed by atoms with Crippen molar-refractivity contribution in [3.05, 3.63) is 53.8 Å². The van der Waals surface area contributed by atoms with Crippen molar-refractivity contribution in [2.24, 2.45) is 0 Å². The molecule has 0 aliphatic carbocycles. The molecule has 0 unspecified atom stereocenters. The zero-order valence-electron chi connectivity index (χ0n) is 7.73. The zero-order valence-corrected chi connectivity index (χ0v) is 7.73. The van der Waals surface area contributed by atoms with Crippen molar-refractivity contribution in [2.45, 2.75) is 13.5 Å². The lowest BCUT2D eigenvalue weighted by Crippen LogP contribution is -2.10. The zero-order chi connectivity index (χ0) is 9.68. The van der Waals surface area contributed by atoms with Crippen LogP contribution in [-0.2, 0) is 6.54 Å². The summed E-state index contributed by atoms with van der Waals surface area (Å²) in [5.74, 6) is 0. The van der Waals surface area contributed by atoms with Crippen molar-refractivity contribution in [1.29, 1.82) is 0 Å². The van der Waals surface area contributed by atoms with E-state index in [2.05, 4.69) is 6.58 Å². The van der Waals surface area contributed by atoms with Crippen LogP contribution < -0.4 is 0 Å². The van der Waals surface area contributed by atoms with Gasteiger partial charge in [0.1, 0.15) is 0 Å². The molecule has 0 amide bonds. The van der Waals surface area contributed by atoms with Gasteiger partial charge in [-0.2, -0.15) is 0 Å². The molecule has 1 rings (SSSR count). The third-order valence-electron chi connectivity index (χ3n) is 1.86. The molecule has 0 N–H and O–H groups in total. The molecule has 1 aromatic carbocycles. The molecule has 0 fully saturated rings. The first kappa shape index (κ1) is 9.52. The maximum Gasteiger partial charge on any atom is 0.183 e. The average molecular weight is 175 g/mol. The van der Waals surface area contributed by atoms with E-state index in [1.165, 1.54) is 0 Å². The fraction of sp³-hybridized carbons (Fsp3) is 0.182. The summed E-state index contributed by atoms with van der Waals surface area (Å²) in [6.45, 7) is 5.69. The molecule has 0 spiro atoms. The van der Waals surface area contributed by atoms with Crippen molar-refractivity contribution in [2.75, 3.05) is 0 Å². The van der Waals surface area contributed by atoms with Crippen LogP contribution in [0.4, 0.5) is 0 Å². The van der Waals surface area contributed by atoms with E-state index in [9.17, 15) is 5.21 Å². The molecule has 2 nitrogen and oxygen atoms in total. The highest BCUT2D eigenvalue weighted by Gasteiger charge is 1.99. The summed E-state index contributed by atoms with van der Waals surface area (Å²) in [7, 11) is 0. The molecule has 0 saturated heterocycles. The molecule has 0 aromatic heterocycles. The van der Waals surface area contributed by atoms with Gasteiger partial charge in [0.05, 0.1) is 0 Å². The Hall–Kier alpha value is -1.57. The molecule has 2 heteroatoms. The normalized spacial score (nSPS) is 12.1. The van der Waals surface area contributed by atoms with E-state index >= 15 is 0 Å². The van der Waals surface area contributed by atoms with Crippen molar-refractivity contribution >= 4 is 5.71 Å². The Morgan fingerprint density at radius 3 is 2.62 bits per heavy atom. The van der Waals surface area contributed by atoms with Gasteiger partial charge in [0.25, 0.3) is 0 Å².